The van der Waals surface area contributed by atoms with Crippen LogP contribution in [0, 0.1) is 5.82 Å². The molecule has 0 saturated heterocycles. The fourth-order valence-electron chi connectivity index (χ4n) is 3.07. The average molecular weight is 314 g/mol. The lowest BCUT2D eigenvalue weighted by Gasteiger charge is -2.13. The normalized spacial score (nSPS) is 13.4. The predicted octanol–water partition coefficient (Wildman–Crippen LogP) is 4.38. The van der Waals surface area contributed by atoms with Gasteiger partial charge in [0, 0.05) is 10.8 Å². The van der Waals surface area contributed by atoms with Gasteiger partial charge in [-0.05, 0) is 33.2 Å². The summed E-state index contributed by atoms with van der Waals surface area (Å²) < 4.78 is 38.4. The molecule has 0 aromatic heterocycles. The summed E-state index contributed by atoms with van der Waals surface area (Å²) in [6, 6.07) is 14.6. The number of rotatable bonds is 3. The topological polar surface area (TPSA) is 46.5 Å². The van der Waals surface area contributed by atoms with Crippen molar-refractivity contribution in [2.45, 2.75) is 6.61 Å². The Morgan fingerprint density at radius 2 is 1.50 bits per heavy atom. The van der Waals surface area contributed by atoms with Gasteiger partial charge in [0.2, 0.25) is 0 Å². The maximum absolute atomic E-state index is 14.1. The van der Waals surface area contributed by atoms with Gasteiger partial charge in [-0.2, -0.15) is 4.21 Å². The molecule has 5 heteroatoms. The molecular weight excluding hydrogens is 303 g/mol. The van der Waals surface area contributed by atoms with E-state index in [0.29, 0.717) is 5.39 Å². The molecule has 0 aliphatic carbocycles. The first-order valence-corrected chi connectivity index (χ1v) is 7.77. The van der Waals surface area contributed by atoms with E-state index in [0.717, 1.165) is 32.5 Å². The zero-order chi connectivity index (χ0) is 15.3. The first-order valence-electron chi connectivity index (χ1n) is 6.74. The van der Waals surface area contributed by atoms with E-state index in [4.69, 9.17) is 8.74 Å². The van der Waals surface area contributed by atoms with Crippen LogP contribution in [0.2, 0.25) is 0 Å². The fourth-order valence-corrected chi connectivity index (χ4v) is 3.29. The van der Waals surface area contributed by atoms with E-state index < -0.39 is 11.4 Å². The number of halogens is 1. The lowest BCUT2D eigenvalue weighted by molar-refractivity contribution is 0.298. The highest BCUT2D eigenvalue weighted by atomic mass is 32.2. The fraction of sp³-hybridized carbons (Fsp3) is 0.0588. The van der Waals surface area contributed by atoms with Crippen LogP contribution < -0.4 is 0 Å². The summed E-state index contributed by atoms with van der Waals surface area (Å²) in [5, 5.41) is 5.30. The quantitative estimate of drug-likeness (QED) is 0.451. The Bertz CT molecular complexity index is 1030. The van der Waals surface area contributed by atoms with Crippen LogP contribution in [0.1, 0.15) is 5.56 Å². The lowest BCUT2D eigenvalue weighted by Crippen LogP contribution is -1.97. The maximum Gasteiger partial charge on any atom is 0.302 e. The maximum atomic E-state index is 14.1. The van der Waals surface area contributed by atoms with Gasteiger partial charge in [-0.15, -0.1) is 0 Å². The van der Waals surface area contributed by atoms with Crippen LogP contribution in [-0.4, -0.2) is 8.76 Å². The van der Waals surface area contributed by atoms with Gasteiger partial charge in [0.25, 0.3) is 0 Å². The van der Waals surface area contributed by atoms with Crippen LogP contribution in [0.3, 0.4) is 0 Å². The van der Waals surface area contributed by atoms with E-state index in [2.05, 4.69) is 0 Å². The van der Waals surface area contributed by atoms with Gasteiger partial charge in [0.1, 0.15) is 5.82 Å². The van der Waals surface area contributed by atoms with E-state index in [1.165, 1.54) is 6.07 Å². The molecule has 1 unspecified atom stereocenters. The molecule has 1 N–H and O–H groups in total. The standard InChI is InChI=1S/C17H11FO3S/c18-15-8-5-11-3-6-13-12(9-21-22(19)20)2-1-10-4-7-14(15)17(11)16(10)13/h1-8H,9H2,(H,19,20). The second-order valence-corrected chi connectivity index (χ2v) is 5.84. The van der Waals surface area contributed by atoms with Crippen molar-refractivity contribution in [2.75, 3.05) is 0 Å². The van der Waals surface area contributed by atoms with Crippen LogP contribution in [0.5, 0.6) is 0 Å². The van der Waals surface area contributed by atoms with E-state index in [-0.39, 0.29) is 12.4 Å². The first kappa shape index (κ1) is 13.6. The van der Waals surface area contributed by atoms with Crippen molar-refractivity contribution in [1.29, 1.82) is 0 Å². The van der Waals surface area contributed by atoms with Crippen molar-refractivity contribution in [3.63, 3.8) is 0 Å². The van der Waals surface area contributed by atoms with Gasteiger partial charge in [-0.1, -0.05) is 42.5 Å². The Hall–Kier alpha value is -2.08. The zero-order valence-electron chi connectivity index (χ0n) is 11.4. The Labute approximate surface area is 128 Å². The largest absolute Gasteiger partial charge is 0.302 e. The second kappa shape index (κ2) is 4.98. The van der Waals surface area contributed by atoms with Crippen LogP contribution in [-0.2, 0) is 22.2 Å². The van der Waals surface area contributed by atoms with Crippen LogP contribution in [0.15, 0.2) is 48.5 Å². The predicted molar refractivity (Wildman–Crippen MR) is 85.7 cm³/mol. The highest BCUT2D eigenvalue weighted by Gasteiger charge is 2.13. The molecule has 0 heterocycles. The van der Waals surface area contributed by atoms with Gasteiger partial charge in [0.15, 0.2) is 0 Å². The van der Waals surface area contributed by atoms with E-state index >= 15 is 0 Å². The third kappa shape index (κ3) is 1.98. The summed E-state index contributed by atoms with van der Waals surface area (Å²) in [6.45, 7) is 0.0275. The van der Waals surface area contributed by atoms with Gasteiger partial charge < -0.3 is 0 Å². The molecule has 0 radical (unpaired) electrons. The molecule has 22 heavy (non-hydrogen) atoms. The van der Waals surface area contributed by atoms with Crippen LogP contribution in [0.25, 0.3) is 32.3 Å². The van der Waals surface area contributed by atoms with Crippen molar-refractivity contribution < 1.29 is 17.3 Å². The average Bonchev–Trinajstić information content (AvgIpc) is 2.52. The van der Waals surface area contributed by atoms with Gasteiger partial charge >= 0.3 is 11.4 Å². The summed E-state index contributed by atoms with van der Waals surface area (Å²) in [5.74, 6) is -0.250. The van der Waals surface area contributed by atoms with Crippen LogP contribution in [0.4, 0.5) is 4.39 Å². The molecular formula is C17H11FO3S. The zero-order valence-corrected chi connectivity index (χ0v) is 12.2. The molecule has 4 aromatic rings. The highest BCUT2D eigenvalue weighted by Crippen LogP contribution is 2.37. The number of hydrogen-bond donors (Lipinski definition) is 1. The molecule has 0 aliphatic rings. The van der Waals surface area contributed by atoms with Gasteiger partial charge in [0.05, 0.1) is 6.61 Å². The Kier molecular flexibility index (Phi) is 3.07. The summed E-state index contributed by atoms with van der Waals surface area (Å²) >= 11 is -2.31. The van der Waals surface area contributed by atoms with Crippen LogP contribution >= 0.6 is 0 Å². The molecule has 4 aromatic carbocycles. The van der Waals surface area contributed by atoms with E-state index in [1.54, 1.807) is 12.1 Å². The summed E-state index contributed by atoms with van der Waals surface area (Å²) in [5.41, 5.74) is 0.800. The smallest absolute Gasteiger partial charge is 0.284 e. The third-order valence-corrected chi connectivity index (χ3v) is 4.34. The molecule has 3 nitrogen and oxygen atoms in total. The molecule has 110 valence electrons. The number of benzene rings is 4. The summed E-state index contributed by atoms with van der Waals surface area (Å²) in [4.78, 5) is 0. The minimum absolute atomic E-state index is 0.0275. The van der Waals surface area contributed by atoms with Gasteiger partial charge in [-0.3, -0.25) is 8.74 Å². The van der Waals surface area contributed by atoms with Gasteiger partial charge in [-0.25, -0.2) is 4.39 Å². The summed E-state index contributed by atoms with van der Waals surface area (Å²) in [7, 11) is 0. The van der Waals surface area contributed by atoms with E-state index in [1.807, 2.05) is 30.3 Å². The SMILES string of the molecule is O=S(O)OCc1ccc2ccc3c(F)ccc4ccc1c2c43. The van der Waals surface area contributed by atoms with Crippen molar-refractivity contribution in [3.8, 4) is 0 Å². The molecule has 0 aliphatic heterocycles. The summed E-state index contributed by atoms with van der Waals surface area (Å²) in [6.07, 6.45) is 0. The molecule has 1 atom stereocenters. The molecule has 0 spiro atoms. The first-order chi connectivity index (χ1) is 10.6. The molecule has 4 rings (SSSR count). The molecule has 0 saturated carbocycles. The third-order valence-electron chi connectivity index (χ3n) is 4.02. The second-order valence-electron chi connectivity index (χ2n) is 5.17. The van der Waals surface area contributed by atoms with Crippen molar-refractivity contribution >= 4 is 43.7 Å². The monoisotopic (exact) mass is 314 g/mol. The Morgan fingerprint density at radius 1 is 0.909 bits per heavy atom. The van der Waals surface area contributed by atoms with Crippen molar-refractivity contribution in [1.82, 2.24) is 0 Å². The minimum Gasteiger partial charge on any atom is -0.284 e. The Morgan fingerprint density at radius 3 is 2.23 bits per heavy atom. The van der Waals surface area contributed by atoms with Crippen molar-refractivity contribution in [3.05, 3.63) is 59.9 Å². The molecule has 0 fully saturated rings. The van der Waals surface area contributed by atoms with E-state index in [9.17, 15) is 8.60 Å². The molecule has 0 bridgehead atoms. The minimum atomic E-state index is -2.31. The highest BCUT2D eigenvalue weighted by molar-refractivity contribution is 7.74. The number of hydrogen-bond acceptors (Lipinski definition) is 2. The lowest BCUT2D eigenvalue weighted by atomic mass is 9.92. The Balaban J connectivity index is 2.10. The van der Waals surface area contributed by atoms with Crippen molar-refractivity contribution in [2.24, 2.45) is 0 Å². The molecule has 0 amide bonds.